The van der Waals surface area contributed by atoms with Crippen LogP contribution in [0.25, 0.3) is 0 Å². The molecular weight excluding hydrogens is 362 g/mol. The molecule has 1 aliphatic rings. The fraction of sp³-hybridized carbons (Fsp3) is 0.529. The van der Waals surface area contributed by atoms with E-state index in [0.717, 1.165) is 6.42 Å². The second kappa shape index (κ2) is 8.95. The van der Waals surface area contributed by atoms with Crippen molar-refractivity contribution in [3.63, 3.8) is 0 Å². The molecule has 0 bridgehead atoms. The van der Waals surface area contributed by atoms with Crippen LogP contribution in [0.15, 0.2) is 12.1 Å². The first-order chi connectivity index (χ1) is 12.4. The number of halogens is 1. The van der Waals surface area contributed by atoms with Crippen LogP contribution in [0.2, 0.25) is 5.02 Å². The quantitative estimate of drug-likeness (QED) is 0.753. The summed E-state index contributed by atoms with van der Waals surface area (Å²) in [4.78, 5) is 26.5. The zero-order valence-electron chi connectivity index (χ0n) is 15.1. The summed E-state index contributed by atoms with van der Waals surface area (Å²) in [6, 6.07) is 2.92. The number of anilines is 1. The van der Waals surface area contributed by atoms with Crippen LogP contribution < -0.4 is 15.8 Å². The Hall–Kier alpha value is -2.19. The number of hydrogen-bond donors (Lipinski definition) is 2. The Morgan fingerprint density at radius 2 is 2.12 bits per heavy atom. The molecule has 0 radical (unpaired) electrons. The second-order valence-corrected chi connectivity index (χ2v) is 6.21. The number of methoxy groups -OCH3 is 2. The number of nitrogens with one attached hydrogen (secondary N) is 1. The van der Waals surface area contributed by atoms with E-state index in [0.29, 0.717) is 18.7 Å². The predicted octanol–water partition coefficient (Wildman–Crippen LogP) is 2.25. The lowest BCUT2D eigenvalue weighted by molar-refractivity contribution is -0.0274. The van der Waals surface area contributed by atoms with E-state index >= 15 is 0 Å². The lowest BCUT2D eigenvalue weighted by Crippen LogP contribution is -2.60. The number of likely N-dealkylation sites (tertiary alicyclic amines) is 1. The third-order valence-electron chi connectivity index (χ3n) is 4.22. The third-order valence-corrected chi connectivity index (χ3v) is 4.55. The minimum absolute atomic E-state index is 0.218. The molecule has 1 fully saturated rings. The smallest absolute Gasteiger partial charge is 0.411 e. The summed E-state index contributed by atoms with van der Waals surface area (Å²) in [5.41, 5.74) is 6.28. The van der Waals surface area contributed by atoms with Crippen LogP contribution in [-0.2, 0) is 9.47 Å². The van der Waals surface area contributed by atoms with Gasteiger partial charge in [0.05, 0.1) is 36.1 Å². The zero-order chi connectivity index (χ0) is 19.3. The van der Waals surface area contributed by atoms with Crippen LogP contribution in [-0.4, -0.2) is 56.5 Å². The van der Waals surface area contributed by atoms with Crippen LogP contribution >= 0.6 is 11.6 Å². The second-order valence-electron chi connectivity index (χ2n) is 5.80. The van der Waals surface area contributed by atoms with Crippen molar-refractivity contribution in [2.45, 2.75) is 32.0 Å². The van der Waals surface area contributed by atoms with Crippen molar-refractivity contribution in [2.75, 3.05) is 33.1 Å². The van der Waals surface area contributed by atoms with Gasteiger partial charge in [0, 0.05) is 19.7 Å². The fourth-order valence-electron chi connectivity index (χ4n) is 2.92. The maximum atomic E-state index is 12.8. The molecule has 3 N–H and O–H groups in total. The maximum absolute atomic E-state index is 12.8. The normalized spacial score (nSPS) is 19.8. The van der Waals surface area contributed by atoms with E-state index in [1.807, 2.05) is 0 Å². The van der Waals surface area contributed by atoms with Crippen molar-refractivity contribution in [3.05, 3.63) is 22.7 Å². The van der Waals surface area contributed by atoms with Gasteiger partial charge in [-0.15, -0.1) is 0 Å². The molecule has 9 heteroatoms. The third kappa shape index (κ3) is 4.31. The highest BCUT2D eigenvalue weighted by atomic mass is 35.5. The van der Waals surface area contributed by atoms with Crippen LogP contribution in [0, 0.1) is 0 Å². The summed E-state index contributed by atoms with van der Waals surface area (Å²) >= 11 is 6.04. The van der Waals surface area contributed by atoms with E-state index in [9.17, 15) is 9.59 Å². The molecular formula is C17H24ClN3O5. The first-order valence-electron chi connectivity index (χ1n) is 8.33. The molecule has 1 heterocycles. The number of piperidine rings is 1. The summed E-state index contributed by atoms with van der Waals surface area (Å²) in [6.07, 6.45) is -0.0620. The number of nitrogen functional groups attached to an aromatic ring is 1. The van der Waals surface area contributed by atoms with Gasteiger partial charge in [-0.3, -0.25) is 9.69 Å². The van der Waals surface area contributed by atoms with E-state index in [1.54, 1.807) is 14.0 Å². The van der Waals surface area contributed by atoms with Gasteiger partial charge in [0.15, 0.2) is 0 Å². The molecule has 2 rings (SSSR count). The number of ether oxygens (including phenoxy) is 3. The molecule has 0 spiro atoms. The van der Waals surface area contributed by atoms with Crippen LogP contribution in [0.4, 0.5) is 10.5 Å². The number of benzene rings is 1. The van der Waals surface area contributed by atoms with E-state index < -0.39 is 18.2 Å². The molecule has 1 aromatic carbocycles. The van der Waals surface area contributed by atoms with E-state index in [1.165, 1.54) is 24.1 Å². The number of carbonyl (C=O) groups is 2. The molecule has 2 atom stereocenters. The van der Waals surface area contributed by atoms with Crippen molar-refractivity contribution in [1.29, 1.82) is 0 Å². The zero-order valence-corrected chi connectivity index (χ0v) is 15.8. The Labute approximate surface area is 157 Å². The molecule has 8 nitrogen and oxygen atoms in total. The van der Waals surface area contributed by atoms with Gasteiger partial charge >= 0.3 is 6.09 Å². The van der Waals surface area contributed by atoms with Crippen molar-refractivity contribution in [2.24, 2.45) is 0 Å². The number of rotatable bonds is 5. The molecule has 26 heavy (non-hydrogen) atoms. The minimum Gasteiger partial charge on any atom is -0.496 e. The first kappa shape index (κ1) is 20.1. The van der Waals surface area contributed by atoms with E-state index in [4.69, 9.17) is 31.5 Å². The highest BCUT2D eigenvalue weighted by molar-refractivity contribution is 6.33. The SMILES string of the molecule is CCOC(=O)N1CCC[C@@H](OC)[C@H]1NC(=O)c1cc(Cl)c(N)cc1OC. The van der Waals surface area contributed by atoms with E-state index in [-0.39, 0.29) is 29.0 Å². The van der Waals surface area contributed by atoms with Gasteiger partial charge in [0.25, 0.3) is 5.91 Å². The summed E-state index contributed by atoms with van der Waals surface area (Å²) in [7, 11) is 2.97. The Balaban J connectivity index is 2.28. The molecule has 144 valence electrons. The molecule has 1 saturated heterocycles. The van der Waals surface area contributed by atoms with Crippen molar-refractivity contribution in [3.8, 4) is 5.75 Å². The lowest BCUT2D eigenvalue weighted by atomic mass is 10.0. The standard InChI is InChI=1S/C17H24ClN3O5/c1-4-26-17(23)21-7-5-6-13(24-2)15(21)20-16(22)10-8-11(18)12(19)9-14(10)25-3/h8-9,13,15H,4-7,19H2,1-3H3,(H,20,22)/t13-,15+/m1/s1. The average Bonchev–Trinajstić information content (AvgIpc) is 2.63. The monoisotopic (exact) mass is 385 g/mol. The van der Waals surface area contributed by atoms with Gasteiger partial charge in [0.1, 0.15) is 11.9 Å². The molecule has 0 aromatic heterocycles. The predicted molar refractivity (Wildman–Crippen MR) is 97.4 cm³/mol. The average molecular weight is 386 g/mol. The van der Waals surface area contributed by atoms with Crippen LogP contribution in [0.5, 0.6) is 5.75 Å². The van der Waals surface area contributed by atoms with Crippen molar-refractivity contribution >= 4 is 29.3 Å². The molecule has 1 aliphatic heterocycles. The van der Waals surface area contributed by atoms with Gasteiger partial charge in [0.2, 0.25) is 0 Å². The fourth-order valence-corrected chi connectivity index (χ4v) is 3.08. The minimum atomic E-state index is -0.665. The van der Waals surface area contributed by atoms with Crippen LogP contribution in [0.1, 0.15) is 30.1 Å². The van der Waals surface area contributed by atoms with Gasteiger partial charge in [-0.2, -0.15) is 0 Å². The number of nitrogens with two attached hydrogens (primary N) is 1. The summed E-state index contributed by atoms with van der Waals surface area (Å²) in [5, 5.41) is 3.07. The van der Waals surface area contributed by atoms with Crippen molar-refractivity contribution in [1.82, 2.24) is 10.2 Å². The van der Waals surface area contributed by atoms with Gasteiger partial charge < -0.3 is 25.3 Å². The highest BCUT2D eigenvalue weighted by Crippen LogP contribution is 2.29. The number of nitrogens with zero attached hydrogens (tertiary/aromatic N) is 1. The Bertz CT molecular complexity index is 670. The molecule has 0 saturated carbocycles. The Kier molecular flexibility index (Phi) is 6.93. The van der Waals surface area contributed by atoms with Gasteiger partial charge in [-0.1, -0.05) is 11.6 Å². The van der Waals surface area contributed by atoms with Crippen molar-refractivity contribution < 1.29 is 23.8 Å². The Morgan fingerprint density at radius 1 is 1.38 bits per heavy atom. The number of amides is 2. The van der Waals surface area contributed by atoms with Gasteiger partial charge in [-0.25, -0.2) is 4.79 Å². The first-order valence-corrected chi connectivity index (χ1v) is 8.70. The summed E-state index contributed by atoms with van der Waals surface area (Å²) in [5.74, 6) is -0.163. The Morgan fingerprint density at radius 3 is 2.73 bits per heavy atom. The highest BCUT2D eigenvalue weighted by Gasteiger charge is 2.37. The molecule has 0 aliphatic carbocycles. The number of hydrogen-bond acceptors (Lipinski definition) is 6. The number of carbonyl (C=O) groups excluding carboxylic acids is 2. The maximum Gasteiger partial charge on any atom is 0.411 e. The topological polar surface area (TPSA) is 103 Å². The largest absolute Gasteiger partial charge is 0.496 e. The molecule has 2 amide bonds. The summed E-state index contributed by atoms with van der Waals surface area (Å²) in [6.45, 7) is 2.43. The van der Waals surface area contributed by atoms with Gasteiger partial charge in [-0.05, 0) is 25.8 Å². The molecule has 1 aromatic rings. The molecule has 0 unspecified atom stereocenters. The lowest BCUT2D eigenvalue weighted by Gasteiger charge is -2.40. The van der Waals surface area contributed by atoms with Crippen LogP contribution in [0.3, 0.4) is 0 Å². The van der Waals surface area contributed by atoms with E-state index in [2.05, 4.69) is 5.32 Å². The summed E-state index contributed by atoms with van der Waals surface area (Å²) < 4.78 is 15.8.